The zero-order valence-corrected chi connectivity index (χ0v) is 7.49. The number of hydrogen-bond acceptors (Lipinski definition) is 4. The number of nitrogens with two attached hydrogens (primary N) is 1. The zero-order chi connectivity index (χ0) is 9.68. The largest absolute Gasteiger partial charge is 0.360 e. The first-order chi connectivity index (χ1) is 6.24. The van der Waals surface area contributed by atoms with Crippen LogP contribution in [-0.4, -0.2) is 17.1 Å². The number of aromatic nitrogens is 1. The van der Waals surface area contributed by atoms with Gasteiger partial charge in [-0.15, -0.1) is 0 Å². The molecule has 0 saturated carbocycles. The lowest BCUT2D eigenvalue weighted by Crippen LogP contribution is -2.39. The molecule has 1 heterocycles. The van der Waals surface area contributed by atoms with E-state index in [4.69, 9.17) is 10.3 Å². The van der Waals surface area contributed by atoms with Crippen molar-refractivity contribution < 1.29 is 9.32 Å². The molecule has 1 atom stereocenters. The summed E-state index contributed by atoms with van der Waals surface area (Å²) in [6.45, 7) is 2.20. The minimum absolute atomic E-state index is 0.168. The molecule has 1 aromatic rings. The number of carbonyl (C=O) groups excluding carboxylic acids is 1. The fraction of sp³-hybridized carbons (Fsp3) is 0.500. The molecule has 1 aromatic heterocycles. The van der Waals surface area contributed by atoms with Crippen molar-refractivity contribution in [2.24, 2.45) is 5.73 Å². The van der Waals surface area contributed by atoms with E-state index in [1.54, 1.807) is 6.07 Å². The average Bonchev–Trinajstić information content (AvgIpc) is 2.65. The van der Waals surface area contributed by atoms with Crippen LogP contribution in [-0.2, 0) is 11.3 Å². The van der Waals surface area contributed by atoms with Gasteiger partial charge in [-0.05, 0) is 6.42 Å². The van der Waals surface area contributed by atoms with Crippen molar-refractivity contribution in [1.29, 1.82) is 0 Å². The van der Waals surface area contributed by atoms with E-state index in [0.717, 1.165) is 0 Å². The molecular formula is C8H13N3O2. The number of nitrogens with zero attached hydrogens (tertiary/aromatic N) is 1. The summed E-state index contributed by atoms with van der Waals surface area (Å²) in [6.07, 6.45) is 2.16. The molecular weight excluding hydrogens is 170 g/mol. The number of amides is 1. The molecule has 13 heavy (non-hydrogen) atoms. The van der Waals surface area contributed by atoms with E-state index in [1.165, 1.54) is 6.20 Å². The Morgan fingerprint density at radius 1 is 1.85 bits per heavy atom. The van der Waals surface area contributed by atoms with Gasteiger partial charge < -0.3 is 15.6 Å². The van der Waals surface area contributed by atoms with Crippen LogP contribution in [0.4, 0.5) is 0 Å². The summed E-state index contributed by atoms with van der Waals surface area (Å²) in [6, 6.07) is 1.25. The molecule has 3 N–H and O–H groups in total. The Morgan fingerprint density at radius 2 is 2.62 bits per heavy atom. The highest BCUT2D eigenvalue weighted by Gasteiger charge is 2.10. The summed E-state index contributed by atoms with van der Waals surface area (Å²) in [5.41, 5.74) is 5.50. The van der Waals surface area contributed by atoms with Gasteiger partial charge in [-0.3, -0.25) is 4.79 Å². The number of nitrogens with one attached hydrogen (secondary N) is 1. The Labute approximate surface area is 76.3 Å². The minimum atomic E-state index is -0.442. The summed E-state index contributed by atoms with van der Waals surface area (Å²) < 4.78 is 4.79. The van der Waals surface area contributed by atoms with Gasteiger partial charge in [-0.25, -0.2) is 0 Å². The molecule has 0 aliphatic carbocycles. The normalized spacial score (nSPS) is 12.5. The zero-order valence-electron chi connectivity index (χ0n) is 7.49. The second-order valence-electron chi connectivity index (χ2n) is 2.71. The lowest BCUT2D eigenvalue weighted by Gasteiger charge is -2.07. The Balaban J connectivity index is 2.31. The highest BCUT2D eigenvalue weighted by Crippen LogP contribution is 1.95. The van der Waals surface area contributed by atoms with Crippen molar-refractivity contribution in [3.8, 4) is 0 Å². The molecule has 0 aliphatic heterocycles. The highest BCUT2D eigenvalue weighted by molar-refractivity contribution is 5.81. The summed E-state index contributed by atoms with van der Waals surface area (Å²) >= 11 is 0. The van der Waals surface area contributed by atoms with E-state index >= 15 is 0 Å². The second-order valence-corrected chi connectivity index (χ2v) is 2.71. The summed E-state index contributed by atoms with van der Waals surface area (Å²) in [5.74, 6) is 0.454. The van der Waals surface area contributed by atoms with Gasteiger partial charge in [0.2, 0.25) is 5.91 Å². The summed E-state index contributed by atoms with van der Waals surface area (Å²) in [4.78, 5) is 11.2. The first kappa shape index (κ1) is 9.73. The molecule has 0 bridgehead atoms. The third kappa shape index (κ3) is 2.87. The van der Waals surface area contributed by atoms with Gasteiger partial charge >= 0.3 is 0 Å². The highest BCUT2D eigenvalue weighted by atomic mass is 16.5. The van der Waals surface area contributed by atoms with Crippen molar-refractivity contribution in [1.82, 2.24) is 10.5 Å². The molecule has 0 fully saturated rings. The van der Waals surface area contributed by atoms with E-state index in [2.05, 4.69) is 10.5 Å². The fourth-order valence-corrected chi connectivity index (χ4v) is 0.824. The van der Waals surface area contributed by atoms with Gasteiger partial charge in [-0.1, -0.05) is 12.1 Å². The topological polar surface area (TPSA) is 81.2 Å². The Morgan fingerprint density at radius 3 is 3.15 bits per heavy atom. The van der Waals surface area contributed by atoms with Gasteiger partial charge in [0, 0.05) is 6.07 Å². The molecule has 0 spiro atoms. The van der Waals surface area contributed by atoms with Crippen LogP contribution in [0.2, 0.25) is 0 Å². The molecule has 5 nitrogen and oxygen atoms in total. The van der Waals surface area contributed by atoms with Crippen LogP contribution in [0.3, 0.4) is 0 Å². The predicted octanol–water partition coefficient (Wildman–Crippen LogP) is 0.0281. The van der Waals surface area contributed by atoms with Gasteiger partial charge in [0.25, 0.3) is 0 Å². The maximum Gasteiger partial charge on any atom is 0.237 e. The maximum atomic E-state index is 11.2. The van der Waals surface area contributed by atoms with Gasteiger partial charge in [0.15, 0.2) is 5.76 Å². The lowest BCUT2D eigenvalue weighted by molar-refractivity contribution is -0.122. The molecule has 1 rings (SSSR count). The number of rotatable bonds is 4. The van der Waals surface area contributed by atoms with E-state index in [-0.39, 0.29) is 5.91 Å². The molecule has 0 aromatic carbocycles. The van der Waals surface area contributed by atoms with E-state index in [1.807, 2.05) is 6.92 Å². The first-order valence-corrected chi connectivity index (χ1v) is 4.17. The average molecular weight is 183 g/mol. The van der Waals surface area contributed by atoms with Crippen molar-refractivity contribution in [2.75, 3.05) is 0 Å². The third-order valence-corrected chi connectivity index (χ3v) is 1.70. The lowest BCUT2D eigenvalue weighted by atomic mass is 10.2. The predicted molar refractivity (Wildman–Crippen MR) is 46.6 cm³/mol. The van der Waals surface area contributed by atoms with Crippen LogP contribution in [0.1, 0.15) is 19.1 Å². The van der Waals surface area contributed by atoms with Crippen LogP contribution < -0.4 is 11.1 Å². The number of carbonyl (C=O) groups is 1. The molecule has 0 saturated heterocycles. The molecule has 72 valence electrons. The van der Waals surface area contributed by atoms with Crippen molar-refractivity contribution in [3.05, 3.63) is 18.0 Å². The quantitative estimate of drug-likeness (QED) is 0.690. The van der Waals surface area contributed by atoms with Crippen molar-refractivity contribution >= 4 is 5.91 Å². The molecule has 1 amide bonds. The van der Waals surface area contributed by atoms with E-state index < -0.39 is 6.04 Å². The Kier molecular flexibility index (Phi) is 3.45. The molecule has 0 aliphatic rings. The third-order valence-electron chi connectivity index (χ3n) is 1.70. The molecule has 5 heteroatoms. The van der Waals surface area contributed by atoms with E-state index in [0.29, 0.717) is 18.7 Å². The molecule has 0 unspecified atom stereocenters. The Hall–Kier alpha value is -1.36. The van der Waals surface area contributed by atoms with Crippen LogP contribution in [0, 0.1) is 0 Å². The number of hydrogen-bond donors (Lipinski definition) is 2. The monoisotopic (exact) mass is 183 g/mol. The Bertz CT molecular complexity index is 258. The smallest absolute Gasteiger partial charge is 0.237 e. The van der Waals surface area contributed by atoms with Gasteiger partial charge in [0.1, 0.15) is 0 Å². The van der Waals surface area contributed by atoms with Crippen LogP contribution in [0.15, 0.2) is 16.8 Å². The minimum Gasteiger partial charge on any atom is -0.360 e. The molecule has 0 radical (unpaired) electrons. The summed E-state index contributed by atoms with van der Waals surface area (Å²) in [7, 11) is 0. The van der Waals surface area contributed by atoms with E-state index in [9.17, 15) is 4.79 Å². The van der Waals surface area contributed by atoms with Gasteiger partial charge in [0.05, 0.1) is 18.8 Å². The SMILES string of the molecule is CC[C@H](N)C(=O)NCc1ccno1. The van der Waals surface area contributed by atoms with Crippen LogP contribution in [0.5, 0.6) is 0 Å². The van der Waals surface area contributed by atoms with Gasteiger partial charge in [-0.2, -0.15) is 0 Å². The van der Waals surface area contributed by atoms with Crippen LogP contribution in [0.25, 0.3) is 0 Å². The van der Waals surface area contributed by atoms with Crippen molar-refractivity contribution in [2.45, 2.75) is 25.9 Å². The first-order valence-electron chi connectivity index (χ1n) is 4.17. The van der Waals surface area contributed by atoms with Crippen LogP contribution >= 0.6 is 0 Å². The van der Waals surface area contributed by atoms with Crippen molar-refractivity contribution in [3.63, 3.8) is 0 Å². The summed E-state index contributed by atoms with van der Waals surface area (Å²) in [5, 5.41) is 6.15. The standard InChI is InChI=1S/C8H13N3O2/c1-2-7(9)8(12)10-5-6-3-4-11-13-6/h3-4,7H,2,5,9H2,1H3,(H,10,12)/t7-/m0/s1. The maximum absolute atomic E-state index is 11.2. The second kappa shape index (κ2) is 4.61. The fourth-order valence-electron chi connectivity index (χ4n) is 0.824.